The first-order chi connectivity index (χ1) is 9.52. The Hall–Kier alpha value is -0.560. The summed E-state index contributed by atoms with van der Waals surface area (Å²) in [6, 6.07) is 7.17. The van der Waals surface area contributed by atoms with Crippen molar-refractivity contribution in [3.63, 3.8) is 0 Å². The lowest BCUT2D eigenvalue weighted by atomic mass is 10.2. The number of hydrogen-bond donors (Lipinski definition) is 1. The van der Waals surface area contributed by atoms with Crippen molar-refractivity contribution in [2.75, 3.05) is 32.1 Å². The van der Waals surface area contributed by atoms with Gasteiger partial charge in [-0.2, -0.15) is 11.8 Å². The molecule has 0 aliphatic rings. The highest BCUT2D eigenvalue weighted by Gasteiger charge is 2.20. The summed E-state index contributed by atoms with van der Waals surface area (Å²) in [6.45, 7) is 4.27. The zero-order valence-corrected chi connectivity index (χ0v) is 14.1. The van der Waals surface area contributed by atoms with Crippen LogP contribution in [0.1, 0.15) is 18.9 Å². The second-order valence-corrected chi connectivity index (χ2v) is 7.67. The van der Waals surface area contributed by atoms with Gasteiger partial charge in [-0.3, -0.25) is 0 Å². The molecule has 0 aliphatic heterocycles. The van der Waals surface area contributed by atoms with E-state index in [4.69, 9.17) is 0 Å². The predicted molar refractivity (Wildman–Crippen MR) is 86.6 cm³/mol. The van der Waals surface area contributed by atoms with Gasteiger partial charge in [-0.15, -0.1) is 0 Å². The Balaban J connectivity index is 2.81. The van der Waals surface area contributed by atoms with Gasteiger partial charge in [0.2, 0.25) is 10.0 Å². The van der Waals surface area contributed by atoms with Gasteiger partial charge in [0.15, 0.2) is 0 Å². The molecule has 4 nitrogen and oxygen atoms in total. The van der Waals surface area contributed by atoms with Gasteiger partial charge in [0, 0.05) is 25.9 Å². The SMILES string of the molecule is CCCNCc1cccc(S(=O)(=O)N(C)CCSC)c1. The molecule has 20 heavy (non-hydrogen) atoms. The molecule has 1 rings (SSSR count). The second kappa shape index (κ2) is 8.67. The topological polar surface area (TPSA) is 49.4 Å². The van der Waals surface area contributed by atoms with Crippen LogP contribution in [-0.2, 0) is 16.6 Å². The van der Waals surface area contributed by atoms with Crippen LogP contribution in [0, 0.1) is 0 Å². The molecule has 6 heteroatoms. The largest absolute Gasteiger partial charge is 0.313 e. The van der Waals surface area contributed by atoms with Crippen molar-refractivity contribution in [1.29, 1.82) is 0 Å². The van der Waals surface area contributed by atoms with E-state index in [1.807, 2.05) is 12.3 Å². The Morgan fingerprint density at radius 3 is 2.75 bits per heavy atom. The van der Waals surface area contributed by atoms with Crippen molar-refractivity contribution in [2.45, 2.75) is 24.8 Å². The highest BCUT2D eigenvalue weighted by molar-refractivity contribution is 7.98. The third kappa shape index (κ3) is 5.09. The summed E-state index contributed by atoms with van der Waals surface area (Å²) in [6.07, 6.45) is 3.04. The van der Waals surface area contributed by atoms with Crippen LogP contribution in [0.4, 0.5) is 0 Å². The Morgan fingerprint density at radius 2 is 2.10 bits per heavy atom. The quantitative estimate of drug-likeness (QED) is 0.709. The summed E-state index contributed by atoms with van der Waals surface area (Å²) in [5.41, 5.74) is 0.998. The standard InChI is InChI=1S/C14H24N2O2S2/c1-4-8-15-12-13-6-5-7-14(11-13)20(17,18)16(2)9-10-19-3/h5-7,11,15H,4,8-10,12H2,1-3H3. The predicted octanol–water partition coefficient (Wildman–Crippen LogP) is 2.17. The summed E-state index contributed by atoms with van der Waals surface area (Å²) in [5.74, 6) is 0.799. The van der Waals surface area contributed by atoms with Crippen LogP contribution in [0.5, 0.6) is 0 Å². The smallest absolute Gasteiger partial charge is 0.242 e. The Morgan fingerprint density at radius 1 is 1.35 bits per heavy atom. The van der Waals surface area contributed by atoms with E-state index < -0.39 is 10.0 Å². The van der Waals surface area contributed by atoms with Crippen molar-refractivity contribution < 1.29 is 8.42 Å². The molecule has 0 radical (unpaired) electrons. The van der Waals surface area contributed by atoms with Gasteiger partial charge >= 0.3 is 0 Å². The van der Waals surface area contributed by atoms with Gasteiger partial charge < -0.3 is 5.32 Å². The van der Waals surface area contributed by atoms with Crippen LogP contribution < -0.4 is 5.32 Å². The van der Waals surface area contributed by atoms with E-state index in [2.05, 4.69) is 12.2 Å². The fraction of sp³-hybridized carbons (Fsp3) is 0.571. The first kappa shape index (κ1) is 17.5. The molecule has 0 aromatic heterocycles. The molecule has 0 heterocycles. The molecule has 0 amide bonds. The first-order valence-corrected chi connectivity index (χ1v) is 9.60. The third-order valence-corrected chi connectivity index (χ3v) is 5.42. The molecule has 0 spiro atoms. The van der Waals surface area contributed by atoms with E-state index in [1.165, 1.54) is 4.31 Å². The highest BCUT2D eigenvalue weighted by atomic mass is 32.2. The maximum Gasteiger partial charge on any atom is 0.242 e. The average Bonchev–Trinajstić information content (AvgIpc) is 2.45. The minimum absolute atomic E-state index is 0.372. The highest BCUT2D eigenvalue weighted by Crippen LogP contribution is 2.16. The molecule has 0 atom stereocenters. The van der Waals surface area contributed by atoms with E-state index >= 15 is 0 Å². The summed E-state index contributed by atoms with van der Waals surface area (Å²) in [5, 5.41) is 3.28. The molecular formula is C14H24N2O2S2. The number of nitrogens with zero attached hydrogens (tertiary/aromatic N) is 1. The van der Waals surface area contributed by atoms with Gasteiger partial charge in [0.25, 0.3) is 0 Å². The minimum atomic E-state index is -3.37. The van der Waals surface area contributed by atoms with Crippen molar-refractivity contribution in [2.24, 2.45) is 0 Å². The monoisotopic (exact) mass is 316 g/mol. The maximum absolute atomic E-state index is 12.4. The fourth-order valence-electron chi connectivity index (χ4n) is 1.75. The molecular weight excluding hydrogens is 292 g/mol. The summed E-state index contributed by atoms with van der Waals surface area (Å²) < 4.78 is 26.3. The van der Waals surface area contributed by atoms with Gasteiger partial charge in [-0.25, -0.2) is 12.7 Å². The Labute approximate surface area is 127 Å². The number of benzene rings is 1. The van der Waals surface area contributed by atoms with Crippen LogP contribution in [0.3, 0.4) is 0 Å². The molecule has 1 aromatic carbocycles. The van der Waals surface area contributed by atoms with Crippen LogP contribution in [0.2, 0.25) is 0 Å². The zero-order valence-electron chi connectivity index (χ0n) is 12.4. The minimum Gasteiger partial charge on any atom is -0.313 e. The summed E-state index contributed by atoms with van der Waals surface area (Å²) in [4.78, 5) is 0.372. The maximum atomic E-state index is 12.4. The van der Waals surface area contributed by atoms with Crippen LogP contribution >= 0.6 is 11.8 Å². The van der Waals surface area contributed by atoms with Gasteiger partial charge in [-0.05, 0) is 36.9 Å². The van der Waals surface area contributed by atoms with Gasteiger partial charge in [-0.1, -0.05) is 19.1 Å². The fourth-order valence-corrected chi connectivity index (χ4v) is 3.56. The molecule has 114 valence electrons. The van der Waals surface area contributed by atoms with E-state index in [-0.39, 0.29) is 0 Å². The molecule has 0 aliphatic carbocycles. The molecule has 0 fully saturated rings. The lowest BCUT2D eigenvalue weighted by Crippen LogP contribution is -2.29. The normalized spacial score (nSPS) is 12.0. The molecule has 0 saturated carbocycles. The number of nitrogens with one attached hydrogen (secondary N) is 1. The van der Waals surface area contributed by atoms with Crippen molar-refractivity contribution >= 4 is 21.8 Å². The molecule has 1 N–H and O–H groups in total. The van der Waals surface area contributed by atoms with Crippen LogP contribution in [-0.4, -0.2) is 44.9 Å². The number of thioether (sulfide) groups is 1. The number of sulfonamides is 1. The van der Waals surface area contributed by atoms with Crippen molar-refractivity contribution in [1.82, 2.24) is 9.62 Å². The lowest BCUT2D eigenvalue weighted by molar-refractivity contribution is 0.488. The number of hydrogen-bond acceptors (Lipinski definition) is 4. The average molecular weight is 316 g/mol. The molecule has 0 saturated heterocycles. The van der Waals surface area contributed by atoms with Crippen molar-refractivity contribution in [3.8, 4) is 0 Å². The van der Waals surface area contributed by atoms with E-state index in [0.717, 1.165) is 24.3 Å². The van der Waals surface area contributed by atoms with Gasteiger partial charge in [0.05, 0.1) is 4.90 Å². The van der Waals surface area contributed by atoms with Crippen LogP contribution in [0.25, 0.3) is 0 Å². The molecule has 0 unspecified atom stereocenters. The Bertz CT molecular complexity index is 504. The van der Waals surface area contributed by atoms with E-state index in [1.54, 1.807) is 37.0 Å². The second-order valence-electron chi connectivity index (χ2n) is 4.64. The van der Waals surface area contributed by atoms with Crippen LogP contribution in [0.15, 0.2) is 29.2 Å². The molecule has 1 aromatic rings. The summed E-state index contributed by atoms with van der Waals surface area (Å²) >= 11 is 1.64. The first-order valence-electron chi connectivity index (χ1n) is 6.77. The van der Waals surface area contributed by atoms with Crippen molar-refractivity contribution in [3.05, 3.63) is 29.8 Å². The summed E-state index contributed by atoms with van der Waals surface area (Å²) in [7, 11) is -1.74. The van der Waals surface area contributed by atoms with E-state index in [9.17, 15) is 8.42 Å². The van der Waals surface area contributed by atoms with E-state index in [0.29, 0.717) is 18.0 Å². The Kier molecular flexibility index (Phi) is 7.58. The zero-order chi connectivity index (χ0) is 15.0. The lowest BCUT2D eigenvalue weighted by Gasteiger charge is -2.17. The molecule has 0 bridgehead atoms. The number of rotatable bonds is 9. The third-order valence-electron chi connectivity index (χ3n) is 2.97. The van der Waals surface area contributed by atoms with Gasteiger partial charge in [0.1, 0.15) is 0 Å².